The van der Waals surface area contributed by atoms with Crippen LogP contribution in [0.4, 0.5) is 0 Å². The lowest BCUT2D eigenvalue weighted by atomic mass is 10.0. The smallest absolute Gasteiger partial charge is 0.231 e. The van der Waals surface area contributed by atoms with Crippen LogP contribution in [0.5, 0.6) is 11.5 Å². The van der Waals surface area contributed by atoms with E-state index in [1.54, 1.807) is 0 Å². The summed E-state index contributed by atoms with van der Waals surface area (Å²) in [5.74, 6) is 1.25. The summed E-state index contributed by atoms with van der Waals surface area (Å²) in [4.78, 5) is 0. The fourth-order valence-corrected chi connectivity index (χ4v) is 2.12. The first-order valence-corrected chi connectivity index (χ1v) is 5.12. The Hall–Kier alpha value is -0.970. The second-order valence-corrected chi connectivity index (χ2v) is 3.63. The normalized spacial score (nSPS) is 13.3. The van der Waals surface area contributed by atoms with E-state index < -0.39 is 0 Å². The van der Waals surface area contributed by atoms with E-state index in [0.29, 0.717) is 23.1 Å². The molecule has 2 N–H and O–H groups in total. The zero-order valence-corrected chi connectivity index (χ0v) is 9.10. The fraction of sp³-hybridized carbons (Fsp3) is 0.400. The number of nitrogens with one attached hydrogen (secondary N) is 1. The first kappa shape index (κ1) is 10.5. The van der Waals surface area contributed by atoms with Crippen LogP contribution >= 0.6 is 11.6 Å². The molecule has 0 spiro atoms. The Balaban J connectivity index is 2.51. The zero-order chi connectivity index (χ0) is 10.8. The van der Waals surface area contributed by atoms with Crippen molar-refractivity contribution in [2.45, 2.75) is 19.9 Å². The van der Waals surface area contributed by atoms with Gasteiger partial charge in [0, 0.05) is 6.54 Å². The molecule has 0 atom stereocenters. The highest BCUT2D eigenvalue weighted by molar-refractivity contribution is 6.33. The van der Waals surface area contributed by atoms with Crippen molar-refractivity contribution in [3.05, 3.63) is 22.2 Å². The van der Waals surface area contributed by atoms with Crippen LogP contribution < -0.4 is 15.0 Å². The van der Waals surface area contributed by atoms with E-state index in [1.807, 2.05) is 13.0 Å². The van der Waals surface area contributed by atoms with Crippen LogP contribution in [0.1, 0.15) is 18.1 Å². The van der Waals surface area contributed by atoms with Gasteiger partial charge < -0.3 is 14.7 Å². The van der Waals surface area contributed by atoms with E-state index in [9.17, 15) is 0 Å². The van der Waals surface area contributed by atoms with Gasteiger partial charge in [-0.15, -0.1) is 0 Å². The number of hydroxylamine groups is 1. The molecular weight excluding hydrogens is 218 g/mol. The molecule has 0 fully saturated rings. The minimum atomic E-state index is 0.203. The summed E-state index contributed by atoms with van der Waals surface area (Å²) in [6.45, 7) is 2.55. The monoisotopic (exact) mass is 229 g/mol. The van der Waals surface area contributed by atoms with Crippen LogP contribution in [0, 0.1) is 0 Å². The third kappa shape index (κ3) is 1.76. The maximum atomic E-state index is 8.71. The Labute approximate surface area is 92.7 Å². The van der Waals surface area contributed by atoms with Gasteiger partial charge in [-0.25, -0.2) is 5.48 Å². The summed E-state index contributed by atoms with van der Waals surface area (Å²) in [5, 5.41) is 9.30. The first-order chi connectivity index (χ1) is 7.27. The number of benzene rings is 1. The Morgan fingerprint density at radius 3 is 3.00 bits per heavy atom. The molecule has 5 heteroatoms. The maximum absolute atomic E-state index is 8.71. The molecule has 1 heterocycles. The highest BCUT2D eigenvalue weighted by Crippen LogP contribution is 2.42. The summed E-state index contributed by atoms with van der Waals surface area (Å²) in [6.07, 6.45) is 0.784. The van der Waals surface area contributed by atoms with Crippen LogP contribution in [0.3, 0.4) is 0 Å². The van der Waals surface area contributed by atoms with Gasteiger partial charge in [0.05, 0.1) is 5.02 Å². The minimum absolute atomic E-state index is 0.203. The van der Waals surface area contributed by atoms with Crippen LogP contribution in [0.25, 0.3) is 0 Å². The lowest BCUT2D eigenvalue weighted by Gasteiger charge is -2.11. The molecule has 1 aliphatic heterocycles. The third-order valence-corrected chi connectivity index (χ3v) is 2.82. The summed E-state index contributed by atoms with van der Waals surface area (Å²) >= 11 is 6.18. The molecule has 0 aliphatic carbocycles. The molecule has 0 unspecified atom stereocenters. The molecule has 0 saturated heterocycles. The predicted octanol–water partition coefficient (Wildman–Crippen LogP) is 2.11. The third-order valence-electron chi connectivity index (χ3n) is 2.42. The Kier molecular flexibility index (Phi) is 3.00. The van der Waals surface area contributed by atoms with Crippen molar-refractivity contribution >= 4 is 11.6 Å². The molecule has 1 aromatic rings. The van der Waals surface area contributed by atoms with Crippen molar-refractivity contribution in [2.24, 2.45) is 0 Å². The molecule has 0 aromatic heterocycles. The fourth-order valence-electron chi connectivity index (χ4n) is 1.72. The standard InChI is InChI=1S/C10H12ClNO3/c1-2-7-6(4-12-13)3-8-10(9(7)11)15-5-14-8/h3,12-13H,2,4-5H2,1H3. The van der Waals surface area contributed by atoms with E-state index >= 15 is 0 Å². The molecule has 0 saturated carbocycles. The van der Waals surface area contributed by atoms with Crippen molar-refractivity contribution < 1.29 is 14.7 Å². The maximum Gasteiger partial charge on any atom is 0.231 e. The summed E-state index contributed by atoms with van der Waals surface area (Å²) in [5.41, 5.74) is 4.02. The van der Waals surface area contributed by atoms with Crippen molar-refractivity contribution in [3.63, 3.8) is 0 Å². The Morgan fingerprint density at radius 2 is 2.33 bits per heavy atom. The van der Waals surface area contributed by atoms with Gasteiger partial charge in [0.1, 0.15) is 0 Å². The number of halogens is 1. The molecule has 2 rings (SSSR count). The van der Waals surface area contributed by atoms with Crippen molar-refractivity contribution in [1.29, 1.82) is 0 Å². The highest BCUT2D eigenvalue weighted by Gasteiger charge is 2.22. The van der Waals surface area contributed by atoms with Gasteiger partial charge in [-0.3, -0.25) is 0 Å². The molecule has 0 bridgehead atoms. The minimum Gasteiger partial charge on any atom is -0.454 e. The summed E-state index contributed by atoms with van der Waals surface area (Å²) < 4.78 is 10.5. The van der Waals surface area contributed by atoms with Gasteiger partial charge in [-0.05, 0) is 23.6 Å². The predicted molar refractivity (Wildman–Crippen MR) is 55.6 cm³/mol. The quantitative estimate of drug-likeness (QED) is 0.780. The Bertz CT molecular complexity index is 381. The van der Waals surface area contributed by atoms with Gasteiger partial charge in [0.25, 0.3) is 0 Å². The van der Waals surface area contributed by atoms with Gasteiger partial charge in [-0.2, -0.15) is 0 Å². The average molecular weight is 230 g/mol. The zero-order valence-electron chi connectivity index (χ0n) is 8.34. The number of rotatable bonds is 3. The van der Waals surface area contributed by atoms with Crippen molar-refractivity contribution in [2.75, 3.05) is 6.79 Å². The first-order valence-electron chi connectivity index (χ1n) is 4.74. The molecule has 82 valence electrons. The largest absolute Gasteiger partial charge is 0.454 e. The highest BCUT2D eigenvalue weighted by atomic mass is 35.5. The molecule has 0 radical (unpaired) electrons. The number of ether oxygens (including phenoxy) is 2. The SMILES string of the molecule is CCc1c(CNO)cc2c(c1Cl)OCO2. The number of fused-ring (bicyclic) bond motifs is 1. The van der Waals surface area contributed by atoms with Crippen LogP contribution in [-0.2, 0) is 13.0 Å². The van der Waals surface area contributed by atoms with Gasteiger partial charge in [0.2, 0.25) is 6.79 Å². The van der Waals surface area contributed by atoms with Crippen LogP contribution in [0.15, 0.2) is 6.07 Å². The lowest BCUT2D eigenvalue weighted by molar-refractivity contribution is 0.161. The van der Waals surface area contributed by atoms with E-state index in [2.05, 4.69) is 5.48 Å². The van der Waals surface area contributed by atoms with E-state index in [-0.39, 0.29) is 6.79 Å². The van der Waals surface area contributed by atoms with E-state index in [4.69, 9.17) is 26.3 Å². The van der Waals surface area contributed by atoms with E-state index in [1.165, 1.54) is 0 Å². The molecule has 0 amide bonds. The second-order valence-electron chi connectivity index (χ2n) is 3.25. The number of hydrogen-bond donors (Lipinski definition) is 2. The summed E-state index contributed by atoms with van der Waals surface area (Å²) in [7, 11) is 0. The molecule has 4 nitrogen and oxygen atoms in total. The van der Waals surface area contributed by atoms with Crippen LogP contribution in [-0.4, -0.2) is 12.0 Å². The van der Waals surface area contributed by atoms with Gasteiger partial charge >= 0.3 is 0 Å². The molecular formula is C10H12ClNO3. The summed E-state index contributed by atoms with van der Waals surface area (Å²) in [6, 6.07) is 1.84. The van der Waals surface area contributed by atoms with Crippen LogP contribution in [0.2, 0.25) is 5.02 Å². The van der Waals surface area contributed by atoms with Crippen molar-refractivity contribution in [3.8, 4) is 11.5 Å². The van der Waals surface area contributed by atoms with Gasteiger partial charge in [-0.1, -0.05) is 18.5 Å². The van der Waals surface area contributed by atoms with E-state index in [0.717, 1.165) is 17.5 Å². The lowest BCUT2D eigenvalue weighted by Crippen LogP contribution is -2.08. The van der Waals surface area contributed by atoms with Crippen molar-refractivity contribution in [1.82, 2.24) is 5.48 Å². The Morgan fingerprint density at radius 1 is 1.53 bits per heavy atom. The molecule has 1 aromatic carbocycles. The number of hydrogen-bond acceptors (Lipinski definition) is 4. The average Bonchev–Trinajstić information content (AvgIpc) is 2.67. The molecule has 1 aliphatic rings. The molecule has 15 heavy (non-hydrogen) atoms. The second kappa shape index (κ2) is 4.26. The topological polar surface area (TPSA) is 50.7 Å². The van der Waals surface area contributed by atoms with Gasteiger partial charge in [0.15, 0.2) is 11.5 Å².